The number of phosphoric acid groups is 1. The van der Waals surface area contributed by atoms with E-state index in [1.165, 1.54) is 13.3 Å². The number of ether oxygens (including phenoxy) is 1. The van der Waals surface area contributed by atoms with Gasteiger partial charge in [0.05, 0.1) is 24.7 Å². The second-order valence-electron chi connectivity index (χ2n) is 8.29. The van der Waals surface area contributed by atoms with Crippen LogP contribution in [0.3, 0.4) is 0 Å². The van der Waals surface area contributed by atoms with Crippen molar-refractivity contribution in [2.45, 2.75) is 43.5 Å². The van der Waals surface area contributed by atoms with Crippen molar-refractivity contribution in [3.8, 4) is 0 Å². The number of benzene rings is 1. The van der Waals surface area contributed by atoms with Crippen molar-refractivity contribution in [1.82, 2.24) is 14.5 Å². The molecule has 11 nitrogen and oxygen atoms in total. The van der Waals surface area contributed by atoms with Gasteiger partial charge in [-0.05, 0) is 18.6 Å². The fraction of sp³-hybridized carbons (Fsp3) is 0.429. The minimum absolute atomic E-state index is 0.196. The smallest absolute Gasteiger partial charge is 0.387 e. The first-order chi connectivity index (χ1) is 15.8. The number of rotatable bonds is 5. The molecular formula is C21H25N4O7P. The molecule has 4 N–H and O–H groups in total. The lowest BCUT2D eigenvalue weighted by molar-refractivity contribution is -0.0950. The molecule has 6 atom stereocenters. The number of hydrogen-bond donors (Lipinski definition) is 3. The molecule has 2 aromatic heterocycles. The molecule has 2 aliphatic rings. The van der Waals surface area contributed by atoms with Gasteiger partial charge in [0.2, 0.25) is 0 Å². The van der Waals surface area contributed by atoms with E-state index in [1.54, 1.807) is 16.8 Å². The van der Waals surface area contributed by atoms with Crippen LogP contribution in [0.15, 0.2) is 48.9 Å². The van der Waals surface area contributed by atoms with Crippen molar-refractivity contribution in [1.29, 1.82) is 0 Å². The molecule has 2 aliphatic heterocycles. The standard InChI is InChI=1S/C21H25N4O7P/c1-21(27)17(26)16(31-20(21)25-9-7-14-18(22)23-12-24-19(14)25)11-30-33(28)29-10-8-15(32-33)13-5-3-2-4-6-13/h2-7,9,12,15-17,20,26-27H,8,10-11H2,1H3,(H2,22,23,24)/t15-,16-,17-,20-,21-,33-/m1/s1. The lowest BCUT2D eigenvalue weighted by atomic mass is 9.96. The van der Waals surface area contributed by atoms with Crippen LogP contribution in [0.5, 0.6) is 0 Å². The van der Waals surface area contributed by atoms with E-state index in [2.05, 4.69) is 9.97 Å². The molecule has 2 fully saturated rings. The Morgan fingerprint density at radius 2 is 2.09 bits per heavy atom. The molecule has 4 heterocycles. The van der Waals surface area contributed by atoms with E-state index in [9.17, 15) is 14.8 Å². The average molecular weight is 476 g/mol. The maximum Gasteiger partial charge on any atom is 0.475 e. The third-order valence-electron chi connectivity index (χ3n) is 6.00. The van der Waals surface area contributed by atoms with Crippen LogP contribution in [0, 0.1) is 0 Å². The van der Waals surface area contributed by atoms with Gasteiger partial charge in [-0.2, -0.15) is 0 Å². The number of phosphoric ester groups is 1. The van der Waals surface area contributed by atoms with E-state index in [0.717, 1.165) is 5.56 Å². The number of anilines is 1. The molecule has 2 saturated heterocycles. The molecule has 0 saturated carbocycles. The zero-order chi connectivity index (χ0) is 23.2. The van der Waals surface area contributed by atoms with Crippen LogP contribution in [0.25, 0.3) is 11.0 Å². The summed E-state index contributed by atoms with van der Waals surface area (Å²) in [6.45, 7) is 1.32. The van der Waals surface area contributed by atoms with Crippen molar-refractivity contribution in [2.75, 3.05) is 18.9 Å². The summed E-state index contributed by atoms with van der Waals surface area (Å²) in [6.07, 6.45) is -0.308. The molecule has 12 heteroatoms. The predicted molar refractivity (Wildman–Crippen MR) is 117 cm³/mol. The lowest BCUT2D eigenvalue weighted by Crippen LogP contribution is -2.44. The maximum atomic E-state index is 13.1. The van der Waals surface area contributed by atoms with Gasteiger partial charge in [0.25, 0.3) is 0 Å². The van der Waals surface area contributed by atoms with Crippen molar-refractivity contribution < 1.29 is 33.1 Å². The molecule has 3 aromatic rings. The van der Waals surface area contributed by atoms with Crippen molar-refractivity contribution in [2.24, 2.45) is 0 Å². The van der Waals surface area contributed by atoms with Crippen LogP contribution in [0.1, 0.15) is 31.2 Å². The second kappa shape index (κ2) is 8.44. The van der Waals surface area contributed by atoms with Crippen molar-refractivity contribution >= 4 is 24.7 Å². The Bertz CT molecular complexity index is 1190. The molecular weight excluding hydrogens is 451 g/mol. The number of aliphatic hydroxyl groups excluding tert-OH is 1. The summed E-state index contributed by atoms with van der Waals surface area (Å²) >= 11 is 0. The molecule has 0 aliphatic carbocycles. The van der Waals surface area contributed by atoms with E-state index >= 15 is 0 Å². The van der Waals surface area contributed by atoms with E-state index in [1.807, 2.05) is 30.3 Å². The summed E-state index contributed by atoms with van der Waals surface area (Å²) in [4.78, 5) is 8.17. The highest BCUT2D eigenvalue weighted by Crippen LogP contribution is 2.57. The lowest BCUT2D eigenvalue weighted by Gasteiger charge is -2.30. The fourth-order valence-corrected chi connectivity index (χ4v) is 5.59. The first-order valence-electron chi connectivity index (χ1n) is 10.5. The van der Waals surface area contributed by atoms with E-state index in [0.29, 0.717) is 17.5 Å². The summed E-state index contributed by atoms with van der Waals surface area (Å²) in [6, 6.07) is 11.1. The summed E-state index contributed by atoms with van der Waals surface area (Å²) in [5.41, 5.74) is 5.50. The Morgan fingerprint density at radius 3 is 2.88 bits per heavy atom. The number of aromatic nitrogens is 3. The molecule has 5 rings (SSSR count). The van der Waals surface area contributed by atoms with Gasteiger partial charge in [-0.3, -0.25) is 13.6 Å². The van der Waals surface area contributed by atoms with Crippen LogP contribution < -0.4 is 5.73 Å². The number of hydrogen-bond acceptors (Lipinski definition) is 10. The SMILES string of the molecule is C[C@@]1(O)[C@H](O)[C@@H](CO[P@@]2(=O)OCC[C@H](c3ccccc3)O2)O[C@H]1n1ccc2c(N)ncnc21. The monoisotopic (exact) mass is 476 g/mol. The van der Waals surface area contributed by atoms with Gasteiger partial charge in [0.1, 0.15) is 35.6 Å². The highest BCUT2D eigenvalue weighted by Gasteiger charge is 2.54. The van der Waals surface area contributed by atoms with E-state index in [-0.39, 0.29) is 19.0 Å². The molecule has 33 heavy (non-hydrogen) atoms. The molecule has 176 valence electrons. The van der Waals surface area contributed by atoms with Crippen LogP contribution in [0.2, 0.25) is 0 Å². The highest BCUT2D eigenvalue weighted by molar-refractivity contribution is 7.48. The van der Waals surface area contributed by atoms with Crippen molar-refractivity contribution in [3.05, 3.63) is 54.5 Å². The summed E-state index contributed by atoms with van der Waals surface area (Å²) in [5.74, 6) is 0.287. The Kier molecular flexibility index (Phi) is 5.74. The first kappa shape index (κ1) is 22.4. The number of aliphatic hydroxyl groups is 2. The molecule has 0 bridgehead atoms. The maximum absolute atomic E-state index is 13.1. The summed E-state index contributed by atoms with van der Waals surface area (Å²) in [7, 11) is -3.90. The van der Waals surface area contributed by atoms with Crippen LogP contribution >= 0.6 is 7.82 Å². The molecule has 0 radical (unpaired) electrons. The van der Waals surface area contributed by atoms with Gasteiger partial charge in [0, 0.05) is 12.6 Å². The van der Waals surface area contributed by atoms with Gasteiger partial charge >= 0.3 is 7.82 Å². The number of fused-ring (bicyclic) bond motifs is 1. The molecule has 0 amide bonds. The molecule has 1 aromatic carbocycles. The Balaban J connectivity index is 1.31. The second-order valence-corrected chi connectivity index (χ2v) is 9.91. The Labute approximate surface area is 189 Å². The topological polar surface area (TPSA) is 151 Å². The highest BCUT2D eigenvalue weighted by atomic mass is 31.2. The quantitative estimate of drug-likeness (QED) is 0.468. The number of nitrogens with two attached hydrogens (primary N) is 1. The minimum Gasteiger partial charge on any atom is -0.387 e. The first-order valence-corrected chi connectivity index (χ1v) is 12.0. The predicted octanol–water partition coefficient (Wildman–Crippen LogP) is 2.33. The van der Waals surface area contributed by atoms with Crippen LogP contribution in [-0.4, -0.2) is 55.8 Å². The van der Waals surface area contributed by atoms with Gasteiger partial charge in [0.15, 0.2) is 6.23 Å². The summed E-state index contributed by atoms with van der Waals surface area (Å²) < 4.78 is 37.0. The third kappa shape index (κ3) is 4.06. The molecule has 0 unspecified atom stereocenters. The fourth-order valence-electron chi connectivity index (χ4n) is 4.20. The van der Waals surface area contributed by atoms with Crippen molar-refractivity contribution in [3.63, 3.8) is 0 Å². The van der Waals surface area contributed by atoms with Crippen LogP contribution in [-0.2, 0) is 22.9 Å². The van der Waals surface area contributed by atoms with Gasteiger partial charge in [-0.25, -0.2) is 14.5 Å². The largest absolute Gasteiger partial charge is 0.475 e. The number of nitrogens with zero attached hydrogens (tertiary/aromatic N) is 3. The zero-order valence-electron chi connectivity index (χ0n) is 17.9. The van der Waals surface area contributed by atoms with Crippen LogP contribution in [0.4, 0.5) is 5.82 Å². The normalized spacial score (nSPS) is 34.6. The Morgan fingerprint density at radius 1 is 1.30 bits per heavy atom. The minimum atomic E-state index is -3.90. The van der Waals surface area contributed by atoms with Gasteiger partial charge in [-0.1, -0.05) is 30.3 Å². The Hall–Kier alpha value is -2.37. The number of nitrogen functional groups attached to an aromatic ring is 1. The van der Waals surface area contributed by atoms with Gasteiger partial charge in [-0.15, -0.1) is 0 Å². The zero-order valence-corrected chi connectivity index (χ0v) is 18.7. The van der Waals surface area contributed by atoms with E-state index in [4.69, 9.17) is 24.0 Å². The third-order valence-corrected chi connectivity index (χ3v) is 7.48. The van der Waals surface area contributed by atoms with E-state index < -0.39 is 38.0 Å². The average Bonchev–Trinajstić information content (AvgIpc) is 3.33. The van der Waals surface area contributed by atoms with Gasteiger partial charge < -0.3 is 25.3 Å². The molecule has 0 spiro atoms. The summed E-state index contributed by atoms with van der Waals surface area (Å²) in [5, 5.41) is 22.4.